The van der Waals surface area contributed by atoms with Crippen molar-refractivity contribution in [1.29, 1.82) is 0 Å². The molecule has 6 heteroatoms. The van der Waals surface area contributed by atoms with Gasteiger partial charge in [0, 0.05) is 21.5 Å². The maximum Gasteiger partial charge on any atom is 0.344 e. The highest BCUT2D eigenvalue weighted by Crippen LogP contribution is 2.34. The van der Waals surface area contributed by atoms with E-state index in [1.54, 1.807) is 48.7 Å². The summed E-state index contributed by atoms with van der Waals surface area (Å²) < 4.78 is 4.90. The molecule has 4 nitrogen and oxygen atoms in total. The first-order valence-electron chi connectivity index (χ1n) is 7.38. The number of phenols is 1. The Morgan fingerprint density at radius 1 is 1.20 bits per heavy atom. The molecule has 1 aromatic heterocycles. The van der Waals surface area contributed by atoms with Crippen LogP contribution in [0.4, 0.5) is 0 Å². The molecule has 0 radical (unpaired) electrons. The zero-order chi connectivity index (χ0) is 17.8. The van der Waals surface area contributed by atoms with Gasteiger partial charge in [-0.05, 0) is 42.0 Å². The number of carbonyl (C=O) groups is 1. The molecule has 1 N–H and O–H groups in total. The number of thioether (sulfide) groups is 1. The van der Waals surface area contributed by atoms with Crippen LogP contribution in [0.5, 0.6) is 5.75 Å². The smallest absolute Gasteiger partial charge is 0.344 e. The largest absolute Gasteiger partial charge is 0.508 e. The number of rotatable bonds is 4. The van der Waals surface area contributed by atoms with E-state index < -0.39 is 5.97 Å². The monoisotopic (exact) mass is 371 g/mol. The minimum atomic E-state index is -0.433. The van der Waals surface area contributed by atoms with E-state index in [0.717, 1.165) is 21.4 Å². The average Bonchev–Trinajstić information content (AvgIpc) is 2.62. The zero-order valence-corrected chi connectivity index (χ0v) is 14.8. The summed E-state index contributed by atoms with van der Waals surface area (Å²) in [5.74, 6) is -0.265. The molecule has 0 aliphatic heterocycles. The lowest BCUT2D eigenvalue weighted by molar-refractivity contribution is -0.135. The first-order valence-corrected chi connectivity index (χ1v) is 8.57. The van der Waals surface area contributed by atoms with Crippen LogP contribution in [0.1, 0.15) is 5.56 Å². The van der Waals surface area contributed by atoms with Crippen LogP contribution in [-0.4, -0.2) is 23.2 Å². The van der Waals surface area contributed by atoms with E-state index in [9.17, 15) is 9.90 Å². The lowest BCUT2D eigenvalue weighted by Gasteiger charge is -2.08. The van der Waals surface area contributed by atoms with E-state index in [1.807, 2.05) is 12.1 Å². The molecular weight excluding hydrogens is 358 g/mol. The van der Waals surface area contributed by atoms with E-state index in [0.29, 0.717) is 9.93 Å². The Morgan fingerprint density at radius 3 is 2.68 bits per heavy atom. The summed E-state index contributed by atoms with van der Waals surface area (Å²) in [6.07, 6.45) is 3.40. The molecule has 3 rings (SSSR count). The van der Waals surface area contributed by atoms with Gasteiger partial charge < -0.3 is 9.84 Å². The predicted molar refractivity (Wildman–Crippen MR) is 101 cm³/mol. The van der Waals surface area contributed by atoms with Gasteiger partial charge in [0.2, 0.25) is 0 Å². The molecule has 1 heterocycles. The van der Waals surface area contributed by atoms with Crippen LogP contribution >= 0.6 is 23.4 Å². The molecule has 0 aliphatic carbocycles. The second-order valence-corrected chi connectivity index (χ2v) is 6.68. The number of pyridine rings is 1. The molecule has 2 aromatic carbocycles. The van der Waals surface area contributed by atoms with Crippen molar-refractivity contribution in [1.82, 2.24) is 4.98 Å². The fourth-order valence-electron chi connectivity index (χ4n) is 2.26. The molecule has 0 aliphatic rings. The van der Waals surface area contributed by atoms with Gasteiger partial charge in [-0.25, -0.2) is 4.79 Å². The van der Waals surface area contributed by atoms with Crippen molar-refractivity contribution in [3.8, 4) is 5.75 Å². The number of aromatic hydroxyl groups is 1. The van der Waals surface area contributed by atoms with Crippen molar-refractivity contribution in [2.75, 3.05) is 7.11 Å². The minimum absolute atomic E-state index is 0.168. The number of hydrogen-bond donors (Lipinski definition) is 1. The normalized spacial score (nSPS) is 11.5. The number of halogens is 1. The minimum Gasteiger partial charge on any atom is -0.508 e. The third-order valence-corrected chi connectivity index (χ3v) is 4.78. The first kappa shape index (κ1) is 17.3. The molecule has 0 spiro atoms. The summed E-state index contributed by atoms with van der Waals surface area (Å²) >= 11 is 7.31. The molecule has 126 valence electrons. The number of phenolic OH excluding ortho intramolecular Hbond substituents is 1. The lowest BCUT2D eigenvalue weighted by atomic mass is 10.2. The van der Waals surface area contributed by atoms with Crippen LogP contribution in [0.3, 0.4) is 0 Å². The Balaban J connectivity index is 2.01. The summed E-state index contributed by atoms with van der Waals surface area (Å²) in [6.45, 7) is 0. The second-order valence-electron chi connectivity index (χ2n) is 5.16. The van der Waals surface area contributed by atoms with E-state index in [4.69, 9.17) is 16.3 Å². The fourth-order valence-corrected chi connectivity index (χ4v) is 3.43. The van der Waals surface area contributed by atoms with Gasteiger partial charge in [-0.3, -0.25) is 4.98 Å². The summed E-state index contributed by atoms with van der Waals surface area (Å²) in [4.78, 5) is 17.8. The maximum absolute atomic E-state index is 12.2. The third kappa shape index (κ3) is 4.13. The van der Waals surface area contributed by atoms with Gasteiger partial charge in [0.1, 0.15) is 5.75 Å². The quantitative estimate of drug-likeness (QED) is 0.401. The number of methoxy groups -OCH3 is 1. The van der Waals surface area contributed by atoms with E-state index >= 15 is 0 Å². The molecule has 0 saturated heterocycles. The van der Waals surface area contributed by atoms with Crippen molar-refractivity contribution < 1.29 is 14.6 Å². The Morgan fingerprint density at radius 2 is 1.96 bits per heavy atom. The van der Waals surface area contributed by atoms with Crippen LogP contribution in [-0.2, 0) is 9.53 Å². The molecule has 0 bridgehead atoms. The number of esters is 1. The Labute approximate surface area is 154 Å². The molecule has 0 saturated carbocycles. The number of nitrogens with zero attached hydrogens (tertiary/aromatic N) is 1. The highest BCUT2D eigenvalue weighted by molar-refractivity contribution is 8.04. The molecule has 3 aromatic rings. The second kappa shape index (κ2) is 7.59. The Bertz CT molecular complexity index is 955. The van der Waals surface area contributed by atoms with E-state index in [-0.39, 0.29) is 5.75 Å². The summed E-state index contributed by atoms with van der Waals surface area (Å²) in [6, 6.07) is 13.9. The van der Waals surface area contributed by atoms with Crippen molar-refractivity contribution in [3.63, 3.8) is 0 Å². The number of fused-ring (bicyclic) bond motifs is 1. The van der Waals surface area contributed by atoms with Crippen LogP contribution in [0, 0.1) is 0 Å². The Kier molecular flexibility index (Phi) is 5.26. The summed E-state index contributed by atoms with van der Waals surface area (Å²) in [5, 5.41) is 10.9. The molecular formula is C19H14ClNO3S. The molecule has 0 fully saturated rings. The highest BCUT2D eigenvalue weighted by Gasteiger charge is 2.14. The molecule has 0 atom stereocenters. The van der Waals surface area contributed by atoms with Crippen LogP contribution in [0.2, 0.25) is 5.02 Å². The van der Waals surface area contributed by atoms with Gasteiger partial charge in [0.15, 0.2) is 0 Å². The molecule has 0 amide bonds. The van der Waals surface area contributed by atoms with Crippen LogP contribution in [0.15, 0.2) is 64.5 Å². The maximum atomic E-state index is 12.2. The summed E-state index contributed by atoms with van der Waals surface area (Å²) in [7, 11) is 1.35. The van der Waals surface area contributed by atoms with Crippen molar-refractivity contribution in [2.45, 2.75) is 4.90 Å². The van der Waals surface area contributed by atoms with Gasteiger partial charge in [-0.2, -0.15) is 0 Å². The SMILES string of the molecule is COC(=O)/C(=C\c1ccc(O)cc1)Sc1ccnc2cc(Cl)ccc12. The summed E-state index contributed by atoms with van der Waals surface area (Å²) in [5.41, 5.74) is 1.54. The van der Waals surface area contributed by atoms with Gasteiger partial charge in [-0.1, -0.05) is 41.6 Å². The van der Waals surface area contributed by atoms with E-state index in [2.05, 4.69) is 4.98 Å². The molecule has 25 heavy (non-hydrogen) atoms. The standard InChI is InChI=1S/C19H14ClNO3S/c1-24-19(23)18(10-12-2-5-14(22)6-3-12)25-17-8-9-21-16-11-13(20)4-7-15(16)17/h2-11,22H,1H3/b18-10+. The topological polar surface area (TPSA) is 59.4 Å². The lowest BCUT2D eigenvalue weighted by Crippen LogP contribution is -2.02. The van der Waals surface area contributed by atoms with Gasteiger partial charge in [0.25, 0.3) is 0 Å². The van der Waals surface area contributed by atoms with Gasteiger partial charge >= 0.3 is 5.97 Å². The number of ether oxygens (including phenoxy) is 1. The predicted octanol–water partition coefficient (Wildman–Crippen LogP) is 4.90. The number of carbonyl (C=O) groups excluding carboxylic acids is 1. The van der Waals surface area contributed by atoms with Crippen LogP contribution in [0.25, 0.3) is 17.0 Å². The van der Waals surface area contributed by atoms with Crippen molar-refractivity contribution in [2.24, 2.45) is 0 Å². The van der Waals surface area contributed by atoms with Crippen molar-refractivity contribution >= 4 is 46.3 Å². The fraction of sp³-hybridized carbons (Fsp3) is 0.0526. The number of hydrogen-bond acceptors (Lipinski definition) is 5. The third-order valence-electron chi connectivity index (χ3n) is 3.46. The average molecular weight is 372 g/mol. The van der Waals surface area contributed by atoms with Crippen LogP contribution < -0.4 is 0 Å². The van der Waals surface area contributed by atoms with Crippen molar-refractivity contribution in [3.05, 3.63) is 70.2 Å². The number of aromatic nitrogens is 1. The number of benzene rings is 2. The van der Waals surface area contributed by atoms with E-state index in [1.165, 1.54) is 18.9 Å². The van der Waals surface area contributed by atoms with Gasteiger partial charge in [0.05, 0.1) is 17.5 Å². The Hall–Kier alpha value is -2.50. The first-order chi connectivity index (χ1) is 12.1. The zero-order valence-electron chi connectivity index (χ0n) is 13.3. The highest BCUT2D eigenvalue weighted by atomic mass is 35.5. The van der Waals surface area contributed by atoms with Gasteiger partial charge in [-0.15, -0.1) is 0 Å². The molecule has 0 unspecified atom stereocenters.